The van der Waals surface area contributed by atoms with Gasteiger partial charge in [0, 0.05) is 28.7 Å². The van der Waals surface area contributed by atoms with Crippen LogP contribution in [0.3, 0.4) is 0 Å². The van der Waals surface area contributed by atoms with Crippen LogP contribution in [0, 0.1) is 65.7 Å². The van der Waals surface area contributed by atoms with E-state index < -0.39 is 34.5 Å². The number of aryl methyl sites for hydroxylation is 1. The molecule has 0 aliphatic carbocycles. The lowest BCUT2D eigenvalue weighted by atomic mass is 10.0. The van der Waals surface area contributed by atoms with Crippen LogP contribution < -0.4 is 0 Å². The molecule has 0 spiro atoms. The van der Waals surface area contributed by atoms with Crippen LogP contribution in [0.5, 0.6) is 0 Å². The number of rotatable bonds is 3. The van der Waals surface area contributed by atoms with E-state index in [0.717, 1.165) is 54.7 Å². The summed E-state index contributed by atoms with van der Waals surface area (Å²) in [5, 5.41) is 1.88. The van der Waals surface area contributed by atoms with Crippen LogP contribution >= 0.6 is 12.2 Å². The summed E-state index contributed by atoms with van der Waals surface area (Å²) in [7, 11) is 0. The zero-order chi connectivity index (χ0) is 26.1. The summed E-state index contributed by atoms with van der Waals surface area (Å²) in [6, 6.07) is 9.49. The molecule has 0 aromatic heterocycles. The number of thiocarbonyl (C=S) groups is 1. The van der Waals surface area contributed by atoms with Crippen molar-refractivity contribution in [3.63, 3.8) is 0 Å². The second-order valence-electron chi connectivity index (χ2n) is 7.74. The van der Waals surface area contributed by atoms with Gasteiger partial charge in [0.1, 0.15) is 17.3 Å². The molecule has 3 aromatic carbocycles. The summed E-state index contributed by atoms with van der Waals surface area (Å²) in [4.78, 5) is 3.30. The van der Waals surface area contributed by atoms with E-state index in [9.17, 15) is 17.6 Å². The third-order valence-corrected chi connectivity index (χ3v) is 5.10. The number of nitrogens with zero attached hydrogens (tertiary/aromatic N) is 1. The van der Waals surface area contributed by atoms with Gasteiger partial charge in [-0.1, -0.05) is 48.9 Å². The van der Waals surface area contributed by atoms with E-state index in [0.29, 0.717) is 5.56 Å². The molecule has 0 saturated carbocycles. The highest BCUT2D eigenvalue weighted by atomic mass is 32.1. The maximum absolute atomic E-state index is 14.6. The van der Waals surface area contributed by atoms with Gasteiger partial charge in [-0.3, -0.25) is 0 Å². The number of hydrogen-bond donors (Lipinski definition) is 0. The molecule has 6 heteroatoms. The molecule has 0 aliphatic rings. The van der Waals surface area contributed by atoms with E-state index in [1.165, 1.54) is 0 Å². The Kier molecular flexibility index (Phi) is 9.21. The molecule has 0 radical (unpaired) electrons. The van der Waals surface area contributed by atoms with Crippen molar-refractivity contribution in [2.75, 3.05) is 0 Å². The van der Waals surface area contributed by atoms with E-state index in [1.807, 2.05) is 30.3 Å². The zero-order valence-corrected chi connectivity index (χ0v) is 20.3. The van der Waals surface area contributed by atoms with Crippen LogP contribution in [0.2, 0.25) is 0 Å². The van der Waals surface area contributed by atoms with Gasteiger partial charge in [0.05, 0.1) is 10.7 Å². The molecular weight excluding hydrogens is 482 g/mol. The Morgan fingerprint density at radius 1 is 0.750 bits per heavy atom. The number of aliphatic imine (C=N–C) groups is 1. The Morgan fingerprint density at radius 2 is 1.36 bits per heavy atom. The standard InChI is InChI=1S/C30H19F4NS/c1-3-4-5-6-7-21-8-11-24(20(2)14-21)12-9-22-15-26(31)25(27(32)16-22)13-10-23-17-28(33)30(35-19-36)29(34)18-23/h8,11,14-18H,3-5H2,1-2H3. The third-order valence-electron chi connectivity index (χ3n) is 5.00. The first kappa shape index (κ1) is 26.5. The van der Waals surface area contributed by atoms with Gasteiger partial charge < -0.3 is 0 Å². The van der Waals surface area contributed by atoms with Gasteiger partial charge >= 0.3 is 0 Å². The zero-order valence-electron chi connectivity index (χ0n) is 19.5. The van der Waals surface area contributed by atoms with Gasteiger partial charge in [0.2, 0.25) is 0 Å². The molecule has 0 atom stereocenters. The molecule has 0 fully saturated rings. The van der Waals surface area contributed by atoms with E-state index in [1.54, 1.807) is 0 Å². The molecule has 0 unspecified atom stereocenters. The minimum absolute atomic E-state index is 0.120. The van der Waals surface area contributed by atoms with E-state index in [2.05, 4.69) is 59.7 Å². The van der Waals surface area contributed by atoms with Crippen LogP contribution in [-0.4, -0.2) is 5.16 Å². The fourth-order valence-corrected chi connectivity index (χ4v) is 3.23. The van der Waals surface area contributed by atoms with Crippen molar-refractivity contribution in [3.05, 3.63) is 99.1 Å². The molecule has 1 nitrogen and oxygen atoms in total. The lowest BCUT2D eigenvalue weighted by molar-refractivity contribution is 0.577. The first-order valence-electron chi connectivity index (χ1n) is 11.0. The van der Waals surface area contributed by atoms with E-state index >= 15 is 0 Å². The summed E-state index contributed by atoms with van der Waals surface area (Å²) in [5.41, 5.74) is 1.35. The summed E-state index contributed by atoms with van der Waals surface area (Å²) in [5.74, 6) is 12.7. The number of halogens is 4. The van der Waals surface area contributed by atoms with Crippen LogP contribution in [0.15, 0.2) is 47.5 Å². The van der Waals surface area contributed by atoms with Gasteiger partial charge in [-0.2, -0.15) is 4.99 Å². The SMILES string of the molecule is CCCCC#Cc1ccc(C#Cc2cc(F)c(C#Cc3cc(F)c(N=C=S)c(F)c3)c(F)c2)c(C)c1. The molecule has 3 rings (SSSR count). The lowest BCUT2D eigenvalue weighted by Gasteiger charge is -2.01. The van der Waals surface area contributed by atoms with Gasteiger partial charge in [-0.15, -0.1) is 0 Å². The fourth-order valence-electron chi connectivity index (χ4n) is 3.14. The predicted octanol–water partition coefficient (Wildman–Crippen LogP) is 7.63. The maximum atomic E-state index is 14.6. The lowest BCUT2D eigenvalue weighted by Crippen LogP contribution is -1.93. The summed E-state index contributed by atoms with van der Waals surface area (Å²) in [6.07, 6.45) is 3.00. The topological polar surface area (TPSA) is 12.4 Å². The van der Waals surface area contributed by atoms with Gasteiger partial charge in [-0.05, 0) is 73.6 Å². The molecule has 3 aromatic rings. The molecule has 0 heterocycles. The van der Waals surface area contributed by atoms with E-state index in [-0.39, 0.29) is 11.1 Å². The van der Waals surface area contributed by atoms with Gasteiger partial charge in [0.15, 0.2) is 11.6 Å². The molecular formula is C30H19F4NS. The van der Waals surface area contributed by atoms with Gasteiger partial charge in [0.25, 0.3) is 0 Å². The summed E-state index contributed by atoms with van der Waals surface area (Å²) < 4.78 is 57.0. The first-order chi connectivity index (χ1) is 17.3. The smallest absolute Gasteiger partial charge is 0.153 e. The Balaban J connectivity index is 1.84. The average molecular weight is 502 g/mol. The quantitative estimate of drug-likeness (QED) is 0.118. The van der Waals surface area contributed by atoms with E-state index in [4.69, 9.17) is 0 Å². The van der Waals surface area contributed by atoms with Crippen LogP contribution in [0.4, 0.5) is 23.2 Å². The largest absolute Gasteiger partial charge is 0.205 e. The first-order valence-corrected chi connectivity index (χ1v) is 11.4. The third kappa shape index (κ3) is 6.94. The number of isothiocyanates is 1. The second kappa shape index (κ2) is 12.5. The number of hydrogen-bond acceptors (Lipinski definition) is 2. The fraction of sp³-hybridized carbons (Fsp3) is 0.167. The Bertz CT molecular complexity index is 1500. The molecule has 36 heavy (non-hydrogen) atoms. The van der Waals surface area contributed by atoms with Crippen molar-refractivity contribution in [2.24, 2.45) is 4.99 Å². The minimum Gasteiger partial charge on any atom is -0.205 e. The van der Waals surface area contributed by atoms with Crippen molar-refractivity contribution in [1.82, 2.24) is 0 Å². The van der Waals surface area contributed by atoms with Crippen molar-refractivity contribution >= 4 is 23.1 Å². The number of benzene rings is 3. The Hall–Kier alpha value is -4.14. The molecule has 0 amide bonds. The molecule has 0 N–H and O–H groups in total. The molecule has 178 valence electrons. The van der Waals surface area contributed by atoms with Crippen molar-refractivity contribution in [2.45, 2.75) is 33.1 Å². The second-order valence-corrected chi connectivity index (χ2v) is 7.92. The molecule has 0 bridgehead atoms. The Morgan fingerprint density at radius 3 is 1.94 bits per heavy atom. The summed E-state index contributed by atoms with van der Waals surface area (Å²) in [6.45, 7) is 4.00. The normalized spacial score (nSPS) is 9.61. The number of unbranched alkanes of at least 4 members (excludes halogenated alkanes) is 2. The highest BCUT2D eigenvalue weighted by Crippen LogP contribution is 2.23. The maximum Gasteiger partial charge on any atom is 0.153 e. The average Bonchev–Trinajstić information content (AvgIpc) is 2.83. The molecule has 0 saturated heterocycles. The minimum atomic E-state index is -1.02. The van der Waals surface area contributed by atoms with Crippen molar-refractivity contribution in [3.8, 4) is 35.5 Å². The predicted molar refractivity (Wildman–Crippen MR) is 137 cm³/mol. The Labute approximate surface area is 213 Å². The van der Waals surface area contributed by atoms with Gasteiger partial charge in [-0.25, -0.2) is 17.6 Å². The monoisotopic (exact) mass is 501 g/mol. The van der Waals surface area contributed by atoms with Crippen LogP contribution in [0.25, 0.3) is 0 Å². The van der Waals surface area contributed by atoms with Crippen molar-refractivity contribution < 1.29 is 17.6 Å². The van der Waals surface area contributed by atoms with Crippen LogP contribution in [-0.2, 0) is 0 Å². The molecule has 0 aliphatic heterocycles. The highest BCUT2D eigenvalue weighted by Gasteiger charge is 2.11. The summed E-state index contributed by atoms with van der Waals surface area (Å²) >= 11 is 4.34. The van der Waals surface area contributed by atoms with Crippen molar-refractivity contribution in [1.29, 1.82) is 0 Å². The van der Waals surface area contributed by atoms with Crippen LogP contribution in [0.1, 0.15) is 59.6 Å². The highest BCUT2D eigenvalue weighted by molar-refractivity contribution is 7.78.